The average Bonchev–Trinajstić information content (AvgIpc) is 3.33. The molecule has 1 aliphatic heterocycles. The summed E-state index contributed by atoms with van der Waals surface area (Å²) in [6.07, 6.45) is 1.57. The molecule has 0 amide bonds. The molecule has 7 nitrogen and oxygen atoms in total. The number of aromatic nitrogens is 5. The molecule has 0 unspecified atom stereocenters. The van der Waals surface area contributed by atoms with Crippen LogP contribution in [0.5, 0.6) is 0 Å². The van der Waals surface area contributed by atoms with E-state index < -0.39 is 0 Å². The van der Waals surface area contributed by atoms with Gasteiger partial charge in [0, 0.05) is 37.9 Å². The number of para-hydroxylation sites is 1. The lowest BCUT2D eigenvalue weighted by Gasteiger charge is -2.38. The van der Waals surface area contributed by atoms with Crippen LogP contribution in [0.25, 0.3) is 16.0 Å². The Kier molecular flexibility index (Phi) is 4.02. The van der Waals surface area contributed by atoms with Gasteiger partial charge in [-0.15, -0.1) is 11.3 Å². The molecule has 0 aliphatic carbocycles. The zero-order valence-corrected chi connectivity index (χ0v) is 16.2. The smallest absolute Gasteiger partial charge is 0.254 e. The van der Waals surface area contributed by atoms with Crippen LogP contribution >= 0.6 is 11.3 Å². The minimum absolute atomic E-state index is 0.329. The largest absolute Gasteiger partial charge is 0.354 e. The number of nitrogens with zero attached hydrogens (tertiary/aromatic N) is 7. The van der Waals surface area contributed by atoms with Gasteiger partial charge in [0.15, 0.2) is 0 Å². The van der Waals surface area contributed by atoms with Crippen molar-refractivity contribution in [3.8, 4) is 0 Å². The van der Waals surface area contributed by atoms with Gasteiger partial charge in [0.25, 0.3) is 5.78 Å². The van der Waals surface area contributed by atoms with Crippen molar-refractivity contribution < 1.29 is 0 Å². The number of fused-ring (bicyclic) bond motifs is 2. The Morgan fingerprint density at radius 2 is 1.89 bits per heavy atom. The monoisotopic (exact) mass is 379 g/mol. The third-order valence-corrected chi connectivity index (χ3v) is 6.42. The molecule has 4 heterocycles. The first-order chi connectivity index (χ1) is 13.2. The Bertz CT molecular complexity index is 1060. The predicted octanol–water partition coefficient (Wildman–Crippen LogP) is 2.93. The summed E-state index contributed by atoms with van der Waals surface area (Å²) in [7, 11) is 0. The summed E-state index contributed by atoms with van der Waals surface area (Å²) in [5.74, 6) is 1.73. The molecule has 4 aromatic rings. The van der Waals surface area contributed by atoms with E-state index in [9.17, 15) is 0 Å². The highest BCUT2D eigenvalue weighted by Gasteiger charge is 2.25. The molecular weight excluding hydrogens is 358 g/mol. The van der Waals surface area contributed by atoms with Crippen molar-refractivity contribution in [2.24, 2.45) is 0 Å². The summed E-state index contributed by atoms with van der Waals surface area (Å²) in [6, 6.07) is 10.8. The number of hydrogen-bond acceptors (Lipinski definition) is 7. The van der Waals surface area contributed by atoms with Gasteiger partial charge in [-0.1, -0.05) is 12.1 Å². The summed E-state index contributed by atoms with van der Waals surface area (Å²) < 4.78 is 3.10. The molecular formula is C19H21N7S. The van der Waals surface area contributed by atoms with Gasteiger partial charge in [0.2, 0.25) is 0 Å². The number of hydrogen-bond donors (Lipinski definition) is 0. The lowest BCUT2D eigenvalue weighted by Crippen LogP contribution is -2.47. The molecule has 1 saturated heterocycles. The van der Waals surface area contributed by atoms with Gasteiger partial charge in [-0.05, 0) is 26.0 Å². The van der Waals surface area contributed by atoms with Gasteiger partial charge < -0.3 is 4.90 Å². The summed E-state index contributed by atoms with van der Waals surface area (Å²) in [4.78, 5) is 18.4. The van der Waals surface area contributed by atoms with E-state index in [-0.39, 0.29) is 0 Å². The molecule has 0 N–H and O–H groups in total. The highest BCUT2D eigenvalue weighted by Crippen LogP contribution is 2.30. The Morgan fingerprint density at radius 3 is 2.70 bits per heavy atom. The van der Waals surface area contributed by atoms with Crippen molar-refractivity contribution in [3.05, 3.63) is 47.4 Å². The van der Waals surface area contributed by atoms with Crippen molar-refractivity contribution in [3.63, 3.8) is 0 Å². The van der Waals surface area contributed by atoms with Crippen LogP contribution < -0.4 is 4.90 Å². The SMILES string of the molecule is Cc1cc(N2CCN([C@H](C)c3nc4ccccc4s3)CC2)n2ncnc2n1. The zero-order chi connectivity index (χ0) is 18.4. The van der Waals surface area contributed by atoms with E-state index in [1.165, 1.54) is 9.71 Å². The van der Waals surface area contributed by atoms with Crippen LogP contribution in [0.4, 0.5) is 5.82 Å². The summed E-state index contributed by atoms with van der Waals surface area (Å²) in [6.45, 7) is 8.16. The Labute approximate surface area is 161 Å². The van der Waals surface area contributed by atoms with Gasteiger partial charge in [-0.2, -0.15) is 14.6 Å². The Hall–Kier alpha value is -2.58. The fraction of sp³-hybridized carbons (Fsp3) is 0.368. The highest BCUT2D eigenvalue weighted by molar-refractivity contribution is 7.18. The molecule has 5 rings (SSSR count). The van der Waals surface area contributed by atoms with Crippen LogP contribution in [-0.2, 0) is 0 Å². The second-order valence-electron chi connectivity index (χ2n) is 6.95. The molecule has 1 aromatic carbocycles. The van der Waals surface area contributed by atoms with Crippen molar-refractivity contribution in [1.29, 1.82) is 0 Å². The third-order valence-electron chi connectivity index (χ3n) is 5.21. The van der Waals surface area contributed by atoms with Gasteiger partial charge >= 0.3 is 0 Å². The van der Waals surface area contributed by atoms with E-state index in [1.807, 2.05) is 11.4 Å². The topological polar surface area (TPSA) is 62.5 Å². The van der Waals surface area contributed by atoms with E-state index in [0.29, 0.717) is 11.8 Å². The maximum absolute atomic E-state index is 4.84. The second-order valence-corrected chi connectivity index (χ2v) is 8.01. The fourth-order valence-corrected chi connectivity index (χ4v) is 4.75. The molecule has 0 radical (unpaired) electrons. The molecule has 0 spiro atoms. The van der Waals surface area contributed by atoms with Crippen LogP contribution in [0.3, 0.4) is 0 Å². The lowest BCUT2D eigenvalue weighted by atomic mass is 10.2. The van der Waals surface area contributed by atoms with E-state index in [2.05, 4.69) is 62.1 Å². The minimum atomic E-state index is 0.329. The van der Waals surface area contributed by atoms with Crippen LogP contribution in [-0.4, -0.2) is 55.6 Å². The molecule has 27 heavy (non-hydrogen) atoms. The van der Waals surface area contributed by atoms with Crippen LogP contribution in [0.2, 0.25) is 0 Å². The van der Waals surface area contributed by atoms with Crippen LogP contribution in [0.15, 0.2) is 36.7 Å². The van der Waals surface area contributed by atoms with Crippen LogP contribution in [0.1, 0.15) is 23.7 Å². The quantitative estimate of drug-likeness (QED) is 0.545. The second kappa shape index (κ2) is 6.54. The predicted molar refractivity (Wildman–Crippen MR) is 107 cm³/mol. The van der Waals surface area contributed by atoms with Gasteiger partial charge in [0.05, 0.1) is 16.3 Å². The van der Waals surface area contributed by atoms with Gasteiger partial charge in [-0.25, -0.2) is 9.97 Å². The molecule has 0 saturated carbocycles. The molecule has 1 aliphatic rings. The summed E-state index contributed by atoms with van der Waals surface area (Å²) in [5.41, 5.74) is 2.07. The number of rotatable bonds is 3. The zero-order valence-electron chi connectivity index (χ0n) is 15.4. The first kappa shape index (κ1) is 16.6. The van der Waals surface area contributed by atoms with Gasteiger partial charge in [-0.3, -0.25) is 4.90 Å². The number of anilines is 1. The lowest BCUT2D eigenvalue weighted by molar-refractivity contribution is 0.198. The van der Waals surface area contributed by atoms with Crippen molar-refractivity contribution >= 4 is 33.1 Å². The van der Waals surface area contributed by atoms with E-state index >= 15 is 0 Å². The maximum atomic E-state index is 4.84. The Morgan fingerprint density at radius 1 is 1.07 bits per heavy atom. The van der Waals surface area contributed by atoms with E-state index in [1.54, 1.807) is 17.7 Å². The Balaban J connectivity index is 1.34. The van der Waals surface area contributed by atoms with Crippen molar-refractivity contribution in [2.75, 3.05) is 31.1 Å². The fourth-order valence-electron chi connectivity index (χ4n) is 3.70. The normalized spacial score (nSPS) is 17.0. The molecule has 1 fully saturated rings. The first-order valence-electron chi connectivity index (χ1n) is 9.21. The number of benzene rings is 1. The average molecular weight is 379 g/mol. The van der Waals surface area contributed by atoms with Crippen molar-refractivity contribution in [1.82, 2.24) is 29.5 Å². The van der Waals surface area contributed by atoms with E-state index in [0.717, 1.165) is 43.2 Å². The van der Waals surface area contributed by atoms with E-state index in [4.69, 9.17) is 4.98 Å². The molecule has 3 aromatic heterocycles. The summed E-state index contributed by atoms with van der Waals surface area (Å²) >= 11 is 1.80. The van der Waals surface area contributed by atoms with Crippen LogP contribution in [0, 0.1) is 6.92 Å². The minimum Gasteiger partial charge on any atom is -0.354 e. The molecule has 138 valence electrons. The number of piperazine rings is 1. The summed E-state index contributed by atoms with van der Waals surface area (Å²) in [5, 5.41) is 5.54. The molecule has 0 bridgehead atoms. The van der Waals surface area contributed by atoms with Gasteiger partial charge in [0.1, 0.15) is 17.2 Å². The molecule has 8 heteroatoms. The molecule has 1 atom stereocenters. The maximum Gasteiger partial charge on any atom is 0.254 e. The number of aryl methyl sites for hydroxylation is 1. The standard InChI is InChI=1S/C19H21N7S/c1-13-11-17(26-19(22-13)20-12-21-26)25-9-7-24(8-10-25)14(2)18-23-15-5-3-4-6-16(15)27-18/h3-6,11-12,14H,7-10H2,1-2H3/t14-/m1/s1. The van der Waals surface area contributed by atoms with Crippen molar-refractivity contribution in [2.45, 2.75) is 19.9 Å². The third kappa shape index (κ3) is 2.94. The first-order valence-corrected chi connectivity index (χ1v) is 10.0. The highest BCUT2D eigenvalue weighted by atomic mass is 32.1. The number of thiazole rings is 1.